The maximum atomic E-state index is 11.5. The summed E-state index contributed by atoms with van der Waals surface area (Å²) < 4.78 is 5.03. The number of unbranched alkanes of at least 4 members (excludes halogenated alkanes) is 2. The number of rotatable bonds is 7. The number of methoxy groups -OCH3 is 1. The Morgan fingerprint density at radius 3 is 2.53 bits per heavy atom. The standard InChI is InChI=1S/C13H19NO3/c1-17-12-8-6-11(7-9-12)14-13(16)5-3-2-4-10-15/h6-9,15H,2-5,10H2,1H3,(H,14,16). The Labute approximate surface area is 102 Å². The fraction of sp³-hybridized carbons (Fsp3) is 0.462. The summed E-state index contributed by atoms with van der Waals surface area (Å²) in [5.74, 6) is 0.777. The summed E-state index contributed by atoms with van der Waals surface area (Å²) >= 11 is 0. The van der Waals surface area contributed by atoms with E-state index in [4.69, 9.17) is 9.84 Å². The molecular formula is C13H19NO3. The average Bonchev–Trinajstić information content (AvgIpc) is 2.36. The minimum atomic E-state index is 0.00751. The third-order valence-electron chi connectivity index (χ3n) is 2.44. The number of nitrogens with one attached hydrogen (secondary N) is 1. The first kappa shape index (κ1) is 13.5. The van der Waals surface area contributed by atoms with E-state index in [-0.39, 0.29) is 12.5 Å². The Bertz CT molecular complexity index is 335. The Kier molecular flexibility index (Phi) is 6.10. The molecule has 1 aromatic carbocycles. The lowest BCUT2D eigenvalue weighted by Gasteiger charge is -2.06. The van der Waals surface area contributed by atoms with Crippen molar-refractivity contribution < 1.29 is 14.6 Å². The first-order valence-corrected chi connectivity index (χ1v) is 5.81. The SMILES string of the molecule is COc1ccc(NC(=O)CCCCCO)cc1. The van der Waals surface area contributed by atoms with Crippen LogP contribution in [0.3, 0.4) is 0 Å². The van der Waals surface area contributed by atoms with Gasteiger partial charge in [-0.15, -0.1) is 0 Å². The van der Waals surface area contributed by atoms with Gasteiger partial charge in [-0.25, -0.2) is 0 Å². The van der Waals surface area contributed by atoms with E-state index in [1.165, 1.54) is 0 Å². The number of hydrogen-bond donors (Lipinski definition) is 2. The van der Waals surface area contributed by atoms with Crippen LogP contribution in [0.1, 0.15) is 25.7 Å². The van der Waals surface area contributed by atoms with Crippen molar-refractivity contribution in [1.82, 2.24) is 0 Å². The highest BCUT2D eigenvalue weighted by Gasteiger charge is 2.02. The van der Waals surface area contributed by atoms with Crippen LogP contribution in [0.5, 0.6) is 5.75 Å². The van der Waals surface area contributed by atoms with E-state index in [0.717, 1.165) is 30.7 Å². The molecule has 0 atom stereocenters. The molecule has 0 radical (unpaired) electrons. The summed E-state index contributed by atoms with van der Waals surface area (Å²) in [7, 11) is 1.61. The second-order valence-corrected chi connectivity index (χ2v) is 3.81. The largest absolute Gasteiger partial charge is 0.497 e. The Morgan fingerprint density at radius 1 is 1.24 bits per heavy atom. The predicted octanol–water partition coefficient (Wildman–Crippen LogP) is 2.19. The second-order valence-electron chi connectivity index (χ2n) is 3.81. The third-order valence-corrected chi connectivity index (χ3v) is 2.44. The fourth-order valence-corrected chi connectivity index (χ4v) is 1.47. The van der Waals surface area contributed by atoms with Crippen molar-refractivity contribution in [1.29, 1.82) is 0 Å². The van der Waals surface area contributed by atoms with Crippen molar-refractivity contribution in [3.8, 4) is 5.75 Å². The van der Waals surface area contributed by atoms with Gasteiger partial charge in [0.25, 0.3) is 0 Å². The van der Waals surface area contributed by atoms with E-state index in [9.17, 15) is 4.79 Å². The molecule has 0 heterocycles. The van der Waals surface area contributed by atoms with Crippen LogP contribution in [0.15, 0.2) is 24.3 Å². The quantitative estimate of drug-likeness (QED) is 0.715. The number of hydrogen-bond acceptors (Lipinski definition) is 3. The zero-order chi connectivity index (χ0) is 12.5. The fourth-order valence-electron chi connectivity index (χ4n) is 1.47. The molecule has 4 heteroatoms. The van der Waals surface area contributed by atoms with E-state index in [0.29, 0.717) is 6.42 Å². The number of carbonyl (C=O) groups excluding carboxylic acids is 1. The van der Waals surface area contributed by atoms with Crippen LogP contribution < -0.4 is 10.1 Å². The molecule has 2 N–H and O–H groups in total. The van der Waals surface area contributed by atoms with E-state index in [1.807, 2.05) is 12.1 Å². The topological polar surface area (TPSA) is 58.6 Å². The molecule has 1 amide bonds. The number of amides is 1. The predicted molar refractivity (Wildman–Crippen MR) is 67.2 cm³/mol. The van der Waals surface area contributed by atoms with Crippen molar-refractivity contribution in [3.05, 3.63) is 24.3 Å². The van der Waals surface area contributed by atoms with Crippen LogP contribution >= 0.6 is 0 Å². The highest BCUT2D eigenvalue weighted by molar-refractivity contribution is 5.90. The minimum absolute atomic E-state index is 0.00751. The summed E-state index contributed by atoms with van der Waals surface area (Å²) in [6.07, 6.45) is 2.94. The van der Waals surface area contributed by atoms with Gasteiger partial charge in [-0.3, -0.25) is 4.79 Å². The van der Waals surface area contributed by atoms with E-state index in [1.54, 1.807) is 19.2 Å². The van der Waals surface area contributed by atoms with Gasteiger partial charge in [-0.2, -0.15) is 0 Å². The number of ether oxygens (including phenoxy) is 1. The molecule has 0 bridgehead atoms. The van der Waals surface area contributed by atoms with E-state index >= 15 is 0 Å². The van der Waals surface area contributed by atoms with Gasteiger partial charge < -0.3 is 15.2 Å². The van der Waals surface area contributed by atoms with Crippen molar-refractivity contribution >= 4 is 11.6 Å². The molecule has 1 aromatic rings. The molecule has 4 nitrogen and oxygen atoms in total. The molecule has 0 aromatic heterocycles. The zero-order valence-electron chi connectivity index (χ0n) is 10.1. The molecule has 1 rings (SSSR count). The lowest BCUT2D eigenvalue weighted by molar-refractivity contribution is -0.116. The molecule has 0 saturated carbocycles. The zero-order valence-corrected chi connectivity index (χ0v) is 10.1. The molecule has 0 spiro atoms. The van der Waals surface area contributed by atoms with Gasteiger partial charge in [0.2, 0.25) is 5.91 Å². The van der Waals surface area contributed by atoms with Crippen molar-refractivity contribution in [2.75, 3.05) is 19.0 Å². The molecule has 0 aliphatic rings. The maximum absolute atomic E-state index is 11.5. The molecular weight excluding hydrogens is 218 g/mol. The van der Waals surface area contributed by atoms with Crippen LogP contribution in [0.2, 0.25) is 0 Å². The summed E-state index contributed by atoms with van der Waals surface area (Å²) in [4.78, 5) is 11.5. The lowest BCUT2D eigenvalue weighted by Crippen LogP contribution is -2.10. The van der Waals surface area contributed by atoms with E-state index < -0.39 is 0 Å². The second kappa shape index (κ2) is 7.68. The van der Waals surface area contributed by atoms with Crippen LogP contribution in [-0.2, 0) is 4.79 Å². The molecule has 0 unspecified atom stereocenters. The van der Waals surface area contributed by atoms with Gasteiger partial charge in [0, 0.05) is 18.7 Å². The first-order chi connectivity index (χ1) is 8.26. The van der Waals surface area contributed by atoms with Gasteiger partial charge >= 0.3 is 0 Å². The number of aliphatic hydroxyl groups is 1. The normalized spacial score (nSPS) is 10.0. The van der Waals surface area contributed by atoms with Gasteiger partial charge in [0.15, 0.2) is 0 Å². The van der Waals surface area contributed by atoms with Crippen LogP contribution in [0.25, 0.3) is 0 Å². The summed E-state index contributed by atoms with van der Waals surface area (Å²) in [5.41, 5.74) is 0.776. The number of anilines is 1. The van der Waals surface area contributed by atoms with Gasteiger partial charge in [0.1, 0.15) is 5.75 Å². The molecule has 0 saturated heterocycles. The van der Waals surface area contributed by atoms with Crippen molar-refractivity contribution in [2.24, 2.45) is 0 Å². The Hall–Kier alpha value is -1.55. The molecule has 0 aliphatic heterocycles. The smallest absolute Gasteiger partial charge is 0.224 e. The summed E-state index contributed by atoms with van der Waals surface area (Å²) in [5, 5.41) is 11.4. The summed E-state index contributed by atoms with van der Waals surface area (Å²) in [6.45, 7) is 0.195. The number of aliphatic hydroxyl groups excluding tert-OH is 1. The van der Waals surface area contributed by atoms with Gasteiger partial charge in [-0.05, 0) is 37.1 Å². The highest BCUT2D eigenvalue weighted by Crippen LogP contribution is 2.15. The monoisotopic (exact) mass is 237 g/mol. The van der Waals surface area contributed by atoms with Crippen molar-refractivity contribution in [3.63, 3.8) is 0 Å². The lowest BCUT2D eigenvalue weighted by atomic mass is 10.2. The van der Waals surface area contributed by atoms with E-state index in [2.05, 4.69) is 5.32 Å². The molecule has 94 valence electrons. The van der Waals surface area contributed by atoms with Crippen LogP contribution in [0.4, 0.5) is 5.69 Å². The maximum Gasteiger partial charge on any atom is 0.224 e. The number of carbonyl (C=O) groups is 1. The van der Waals surface area contributed by atoms with Gasteiger partial charge in [0.05, 0.1) is 7.11 Å². The molecule has 17 heavy (non-hydrogen) atoms. The number of benzene rings is 1. The average molecular weight is 237 g/mol. The van der Waals surface area contributed by atoms with Crippen LogP contribution in [-0.4, -0.2) is 24.7 Å². The Morgan fingerprint density at radius 2 is 1.94 bits per heavy atom. The van der Waals surface area contributed by atoms with Crippen molar-refractivity contribution in [2.45, 2.75) is 25.7 Å². The molecule has 0 aliphatic carbocycles. The summed E-state index contributed by atoms with van der Waals surface area (Å²) in [6, 6.07) is 7.23. The third kappa shape index (κ3) is 5.36. The Balaban J connectivity index is 2.29. The van der Waals surface area contributed by atoms with Gasteiger partial charge in [-0.1, -0.05) is 6.42 Å². The first-order valence-electron chi connectivity index (χ1n) is 5.81. The minimum Gasteiger partial charge on any atom is -0.497 e. The van der Waals surface area contributed by atoms with Crippen LogP contribution in [0, 0.1) is 0 Å². The molecule has 0 fully saturated rings. The highest BCUT2D eigenvalue weighted by atomic mass is 16.5.